The SMILES string of the molecule is CC1CN(c2nc3c(cc2F)c(=O)c(C(C)C)c(C(C)C)n3C(C)C)CCN1. The van der Waals surface area contributed by atoms with Crippen LogP contribution in [0.3, 0.4) is 0 Å². The molecule has 2 aromatic rings. The lowest BCUT2D eigenvalue weighted by Crippen LogP contribution is -2.49. The van der Waals surface area contributed by atoms with Crippen molar-refractivity contribution < 1.29 is 4.39 Å². The summed E-state index contributed by atoms with van der Waals surface area (Å²) in [7, 11) is 0. The van der Waals surface area contributed by atoms with Crippen LogP contribution < -0.4 is 15.6 Å². The van der Waals surface area contributed by atoms with Gasteiger partial charge >= 0.3 is 0 Å². The average Bonchev–Trinajstić information content (AvgIpc) is 2.60. The molecule has 2 aromatic heterocycles. The van der Waals surface area contributed by atoms with Gasteiger partial charge < -0.3 is 14.8 Å². The maximum absolute atomic E-state index is 15.1. The van der Waals surface area contributed by atoms with Gasteiger partial charge in [0.1, 0.15) is 5.65 Å². The summed E-state index contributed by atoms with van der Waals surface area (Å²) >= 11 is 0. The Kier molecular flexibility index (Phi) is 5.80. The highest BCUT2D eigenvalue weighted by Crippen LogP contribution is 2.31. The molecule has 0 aliphatic carbocycles. The van der Waals surface area contributed by atoms with Gasteiger partial charge in [-0.1, -0.05) is 27.7 Å². The lowest BCUT2D eigenvalue weighted by molar-refractivity contribution is 0.474. The molecule has 0 amide bonds. The van der Waals surface area contributed by atoms with Crippen LogP contribution in [0.25, 0.3) is 11.0 Å². The number of nitrogens with zero attached hydrogens (tertiary/aromatic N) is 3. The van der Waals surface area contributed by atoms with Crippen LogP contribution in [0.5, 0.6) is 0 Å². The highest BCUT2D eigenvalue weighted by Gasteiger charge is 2.26. The molecule has 1 fully saturated rings. The molecular formula is C22H33FN4O. The zero-order valence-corrected chi connectivity index (χ0v) is 18.1. The molecule has 0 spiro atoms. The van der Waals surface area contributed by atoms with Crippen molar-refractivity contribution in [2.75, 3.05) is 24.5 Å². The Balaban J connectivity index is 2.37. The summed E-state index contributed by atoms with van der Waals surface area (Å²) in [5.41, 5.74) is 2.30. The van der Waals surface area contributed by atoms with Gasteiger partial charge in [0.25, 0.3) is 0 Å². The van der Waals surface area contributed by atoms with Gasteiger partial charge in [0.05, 0.1) is 5.39 Å². The monoisotopic (exact) mass is 388 g/mol. The van der Waals surface area contributed by atoms with Crippen LogP contribution >= 0.6 is 0 Å². The van der Waals surface area contributed by atoms with Crippen molar-refractivity contribution in [1.29, 1.82) is 0 Å². The van der Waals surface area contributed by atoms with Crippen LogP contribution in [-0.2, 0) is 0 Å². The van der Waals surface area contributed by atoms with E-state index in [0.717, 1.165) is 17.8 Å². The molecule has 0 bridgehead atoms. The number of rotatable bonds is 4. The Bertz CT molecular complexity index is 933. The lowest BCUT2D eigenvalue weighted by atomic mass is 9.92. The third kappa shape index (κ3) is 3.54. The Hall–Kier alpha value is -1.95. The first-order valence-corrected chi connectivity index (χ1v) is 10.4. The Labute approximate surface area is 167 Å². The number of anilines is 1. The molecule has 3 rings (SSSR count). The van der Waals surface area contributed by atoms with E-state index in [9.17, 15) is 4.79 Å². The molecule has 28 heavy (non-hydrogen) atoms. The number of hydrogen-bond acceptors (Lipinski definition) is 4. The van der Waals surface area contributed by atoms with E-state index in [1.807, 2.05) is 18.7 Å². The maximum atomic E-state index is 15.1. The molecule has 0 saturated carbocycles. The third-order valence-corrected chi connectivity index (χ3v) is 5.50. The summed E-state index contributed by atoms with van der Waals surface area (Å²) in [5.74, 6) is 0.171. The highest BCUT2D eigenvalue weighted by atomic mass is 19.1. The molecule has 0 radical (unpaired) electrons. The van der Waals surface area contributed by atoms with Gasteiger partial charge in [-0.3, -0.25) is 4.79 Å². The molecule has 1 N–H and O–H groups in total. The molecule has 1 unspecified atom stereocenters. The number of pyridine rings is 2. The summed E-state index contributed by atoms with van der Waals surface area (Å²) in [6.45, 7) is 16.7. The van der Waals surface area contributed by atoms with Crippen molar-refractivity contribution in [2.45, 2.75) is 72.4 Å². The predicted octanol–water partition coefficient (Wildman–Crippen LogP) is 4.16. The molecule has 1 saturated heterocycles. The smallest absolute Gasteiger partial charge is 0.194 e. The largest absolute Gasteiger partial charge is 0.351 e. The van der Waals surface area contributed by atoms with E-state index < -0.39 is 5.82 Å². The molecule has 1 aliphatic rings. The van der Waals surface area contributed by atoms with Crippen molar-refractivity contribution >= 4 is 16.9 Å². The third-order valence-electron chi connectivity index (χ3n) is 5.50. The topological polar surface area (TPSA) is 50.2 Å². The molecule has 3 heterocycles. The highest BCUT2D eigenvalue weighted by molar-refractivity contribution is 5.79. The maximum Gasteiger partial charge on any atom is 0.194 e. The summed E-state index contributed by atoms with van der Waals surface area (Å²) in [4.78, 5) is 20.0. The molecule has 5 nitrogen and oxygen atoms in total. The number of piperazine rings is 1. The van der Waals surface area contributed by atoms with Crippen LogP contribution in [0.1, 0.15) is 77.6 Å². The van der Waals surface area contributed by atoms with Crippen molar-refractivity contribution in [2.24, 2.45) is 0 Å². The van der Waals surface area contributed by atoms with Crippen LogP contribution in [0.15, 0.2) is 10.9 Å². The van der Waals surface area contributed by atoms with Crippen LogP contribution in [0.4, 0.5) is 10.2 Å². The van der Waals surface area contributed by atoms with Gasteiger partial charge in [-0.25, -0.2) is 9.37 Å². The number of fused-ring (bicyclic) bond motifs is 1. The van der Waals surface area contributed by atoms with Gasteiger partial charge in [-0.15, -0.1) is 0 Å². The van der Waals surface area contributed by atoms with Gasteiger partial charge in [0.2, 0.25) is 0 Å². The van der Waals surface area contributed by atoms with E-state index in [4.69, 9.17) is 4.98 Å². The van der Waals surface area contributed by atoms with Gasteiger partial charge in [-0.2, -0.15) is 0 Å². The zero-order valence-electron chi connectivity index (χ0n) is 18.1. The van der Waals surface area contributed by atoms with E-state index >= 15 is 4.39 Å². The van der Waals surface area contributed by atoms with Crippen LogP contribution in [-0.4, -0.2) is 35.2 Å². The molecule has 1 atom stereocenters. The van der Waals surface area contributed by atoms with Crippen molar-refractivity contribution in [3.8, 4) is 0 Å². The number of halogens is 1. The number of hydrogen-bond donors (Lipinski definition) is 1. The van der Waals surface area contributed by atoms with Crippen molar-refractivity contribution in [3.05, 3.63) is 33.4 Å². The predicted molar refractivity (Wildman–Crippen MR) is 114 cm³/mol. The summed E-state index contributed by atoms with van der Waals surface area (Å²) in [6.07, 6.45) is 0. The first-order chi connectivity index (χ1) is 13.1. The minimum absolute atomic E-state index is 0.0658. The van der Waals surface area contributed by atoms with Gasteiger partial charge in [-0.05, 0) is 38.7 Å². The summed E-state index contributed by atoms with van der Waals surface area (Å²) in [5, 5.41) is 3.75. The minimum Gasteiger partial charge on any atom is -0.351 e. The van der Waals surface area contributed by atoms with Gasteiger partial charge in [0, 0.05) is 43.0 Å². The first-order valence-electron chi connectivity index (χ1n) is 10.4. The normalized spacial score (nSPS) is 18.1. The summed E-state index contributed by atoms with van der Waals surface area (Å²) < 4.78 is 17.2. The zero-order chi connectivity index (χ0) is 20.7. The van der Waals surface area contributed by atoms with Crippen LogP contribution in [0.2, 0.25) is 0 Å². The van der Waals surface area contributed by atoms with E-state index in [1.54, 1.807) is 0 Å². The average molecular weight is 389 g/mol. The molecule has 1 aliphatic heterocycles. The first kappa shape index (κ1) is 20.8. The number of nitrogens with one attached hydrogen (secondary N) is 1. The lowest BCUT2D eigenvalue weighted by Gasteiger charge is -2.33. The second kappa shape index (κ2) is 7.82. The fourth-order valence-corrected chi connectivity index (χ4v) is 4.34. The van der Waals surface area contributed by atoms with Crippen LogP contribution in [0, 0.1) is 5.82 Å². The molecule has 154 valence electrons. The van der Waals surface area contributed by atoms with Crippen molar-refractivity contribution in [3.63, 3.8) is 0 Å². The molecule has 0 aromatic carbocycles. The molecule has 6 heteroatoms. The standard InChI is InChI=1S/C22H33FN4O/c1-12(2)18-19(13(3)4)27(14(5)6)21-16(20(18)28)10-17(23)22(25-21)26-9-8-24-15(7)11-26/h10,12-15,24H,8-9,11H2,1-7H3. The second-order valence-electron chi connectivity index (χ2n) is 8.87. The summed E-state index contributed by atoms with van der Waals surface area (Å²) in [6, 6.07) is 1.79. The number of aromatic nitrogens is 2. The quantitative estimate of drug-likeness (QED) is 0.854. The van der Waals surface area contributed by atoms with E-state index in [0.29, 0.717) is 29.9 Å². The fraction of sp³-hybridized carbons (Fsp3) is 0.636. The van der Waals surface area contributed by atoms with E-state index in [2.05, 4.69) is 44.5 Å². The Morgan fingerprint density at radius 1 is 1.18 bits per heavy atom. The molecular weight excluding hydrogens is 355 g/mol. The van der Waals surface area contributed by atoms with Gasteiger partial charge in [0.15, 0.2) is 17.1 Å². The van der Waals surface area contributed by atoms with E-state index in [-0.39, 0.29) is 29.3 Å². The second-order valence-corrected chi connectivity index (χ2v) is 8.87. The minimum atomic E-state index is -0.416. The Morgan fingerprint density at radius 3 is 2.39 bits per heavy atom. The van der Waals surface area contributed by atoms with Crippen molar-refractivity contribution in [1.82, 2.24) is 14.9 Å². The van der Waals surface area contributed by atoms with E-state index in [1.165, 1.54) is 6.07 Å². The Morgan fingerprint density at radius 2 is 1.86 bits per heavy atom. The fourth-order valence-electron chi connectivity index (χ4n) is 4.34.